The Balaban J connectivity index is 0. The highest BCUT2D eigenvalue weighted by atomic mass is 79.9. The minimum atomic E-state index is 0. The third-order valence-electron chi connectivity index (χ3n) is 5.92. The van der Waals surface area contributed by atoms with Gasteiger partial charge in [-0.2, -0.15) is 0 Å². The van der Waals surface area contributed by atoms with Gasteiger partial charge >= 0.3 is 0 Å². The minimum absolute atomic E-state index is 0. The van der Waals surface area contributed by atoms with Crippen molar-refractivity contribution in [1.29, 1.82) is 0 Å². The first-order valence-electron chi connectivity index (χ1n) is 13.2. The third kappa shape index (κ3) is 30.5. The van der Waals surface area contributed by atoms with Crippen LogP contribution in [-0.4, -0.2) is 20.6 Å². The number of hydrogen-bond acceptors (Lipinski definition) is 0. The van der Waals surface area contributed by atoms with Crippen LogP contribution in [0.25, 0.3) is 0 Å². The van der Waals surface area contributed by atoms with Gasteiger partial charge in [0.1, 0.15) is 0 Å². The topological polar surface area (TPSA) is 4.44 Å². The summed E-state index contributed by atoms with van der Waals surface area (Å²) < 4.78 is 0. The zero-order chi connectivity index (χ0) is 20.5. The fraction of sp³-hybridized carbons (Fsp3) is 0.926. The van der Waals surface area contributed by atoms with Gasteiger partial charge in [-0.3, -0.25) is 0 Å². The predicted molar refractivity (Wildman–Crippen MR) is 129 cm³/mol. The van der Waals surface area contributed by atoms with E-state index in [2.05, 4.69) is 33.2 Å². The van der Waals surface area contributed by atoms with Gasteiger partial charge in [0.05, 0.1) is 20.6 Å². The van der Waals surface area contributed by atoms with Crippen molar-refractivity contribution in [2.24, 2.45) is 0 Å². The number of halogens is 1. The lowest BCUT2D eigenvalue weighted by atomic mass is 10.0. The van der Waals surface area contributed by atoms with E-state index in [1.807, 2.05) is 0 Å². The lowest BCUT2D eigenvalue weighted by molar-refractivity contribution is -0.851. The van der Waals surface area contributed by atoms with Gasteiger partial charge in [-0.25, -0.2) is 0 Å². The SMILES string of the molecule is CCCCCCCCCCCCCCCCCCCCCCC=CC[NH+](C)C.[Br-]. The van der Waals surface area contributed by atoms with E-state index >= 15 is 0 Å². The fourth-order valence-corrected chi connectivity index (χ4v) is 3.95. The molecule has 0 aromatic rings. The second-order valence-corrected chi connectivity index (χ2v) is 9.39. The molecule has 0 amide bonds. The summed E-state index contributed by atoms with van der Waals surface area (Å²) in [5, 5.41) is 0. The summed E-state index contributed by atoms with van der Waals surface area (Å²) in [6, 6.07) is 0. The van der Waals surface area contributed by atoms with E-state index in [0.717, 1.165) is 0 Å². The van der Waals surface area contributed by atoms with Gasteiger partial charge in [0, 0.05) is 0 Å². The second-order valence-electron chi connectivity index (χ2n) is 9.39. The summed E-state index contributed by atoms with van der Waals surface area (Å²) in [5.41, 5.74) is 0. The molecule has 0 bridgehead atoms. The molecule has 29 heavy (non-hydrogen) atoms. The number of unbranched alkanes of at least 4 members (excludes halogenated alkanes) is 20. The van der Waals surface area contributed by atoms with E-state index in [9.17, 15) is 0 Å². The predicted octanol–water partition coefficient (Wildman–Crippen LogP) is 4.90. The first kappa shape index (κ1) is 31.4. The number of nitrogens with one attached hydrogen (secondary N) is 1. The molecule has 0 saturated carbocycles. The zero-order valence-corrected chi connectivity index (χ0v) is 22.2. The molecule has 0 atom stereocenters. The maximum absolute atomic E-state index is 2.38. The highest BCUT2D eigenvalue weighted by Crippen LogP contribution is 2.15. The molecule has 0 rings (SSSR count). The van der Waals surface area contributed by atoms with Crippen molar-refractivity contribution >= 4 is 0 Å². The van der Waals surface area contributed by atoms with E-state index in [1.165, 1.54) is 146 Å². The molecule has 0 radical (unpaired) electrons. The van der Waals surface area contributed by atoms with Gasteiger partial charge < -0.3 is 21.9 Å². The van der Waals surface area contributed by atoms with Gasteiger partial charge in [0.25, 0.3) is 0 Å². The van der Waals surface area contributed by atoms with Crippen LogP contribution in [0.4, 0.5) is 0 Å². The number of likely N-dealkylation sites (N-methyl/N-ethyl adjacent to an activating group) is 1. The van der Waals surface area contributed by atoms with Gasteiger partial charge in [-0.1, -0.05) is 135 Å². The maximum atomic E-state index is 2.38. The average molecular weight is 475 g/mol. The zero-order valence-electron chi connectivity index (χ0n) is 20.6. The second kappa shape index (κ2) is 28.2. The molecule has 0 spiro atoms. The summed E-state index contributed by atoms with van der Waals surface area (Å²) in [6.45, 7) is 3.47. The minimum Gasteiger partial charge on any atom is -1.00 e. The van der Waals surface area contributed by atoms with E-state index in [1.54, 1.807) is 0 Å². The molecule has 1 N–H and O–H groups in total. The molecule has 0 aromatic heterocycles. The summed E-state index contributed by atoms with van der Waals surface area (Å²) in [7, 11) is 4.42. The first-order valence-corrected chi connectivity index (χ1v) is 13.2. The molecule has 0 heterocycles. The van der Waals surface area contributed by atoms with Crippen LogP contribution in [0, 0.1) is 0 Å². The van der Waals surface area contributed by atoms with Gasteiger partial charge in [-0.05, 0) is 18.9 Å². The Morgan fingerprint density at radius 1 is 0.448 bits per heavy atom. The molecule has 2 heteroatoms. The molecule has 0 unspecified atom stereocenters. The van der Waals surface area contributed by atoms with Crippen molar-refractivity contribution in [2.45, 2.75) is 142 Å². The lowest BCUT2D eigenvalue weighted by Crippen LogP contribution is -3.05. The Hall–Kier alpha value is 0.180. The number of rotatable bonds is 23. The van der Waals surface area contributed by atoms with Crippen molar-refractivity contribution in [3.05, 3.63) is 12.2 Å². The molecule has 1 nitrogen and oxygen atoms in total. The van der Waals surface area contributed by atoms with Crippen molar-refractivity contribution in [2.75, 3.05) is 20.6 Å². The Kier molecular flexibility index (Phi) is 30.5. The Labute approximate surface area is 196 Å². The maximum Gasteiger partial charge on any atom is 0.0953 e. The molecule has 0 aliphatic rings. The highest BCUT2D eigenvalue weighted by Gasteiger charge is 1.95. The Morgan fingerprint density at radius 2 is 0.759 bits per heavy atom. The average Bonchev–Trinajstić information content (AvgIpc) is 2.68. The number of hydrogen-bond donors (Lipinski definition) is 1. The van der Waals surface area contributed by atoms with Crippen LogP contribution in [0.3, 0.4) is 0 Å². The Bertz CT molecular complexity index is 301. The normalized spacial score (nSPS) is 11.4. The molecular weight excluding hydrogens is 418 g/mol. The van der Waals surface area contributed by atoms with Gasteiger partial charge in [-0.15, -0.1) is 0 Å². The first-order chi connectivity index (χ1) is 13.8. The van der Waals surface area contributed by atoms with E-state index in [-0.39, 0.29) is 17.0 Å². The third-order valence-corrected chi connectivity index (χ3v) is 5.92. The number of allylic oxidation sites excluding steroid dienone is 1. The van der Waals surface area contributed by atoms with Crippen LogP contribution >= 0.6 is 0 Å². The molecule has 0 aromatic carbocycles. The van der Waals surface area contributed by atoms with Crippen LogP contribution in [-0.2, 0) is 0 Å². The van der Waals surface area contributed by atoms with E-state index in [0.29, 0.717) is 0 Å². The standard InChI is InChI=1S/C27H55N.BrH/c1-4-5-6-7-8-9-10-11-12-13-14-15-16-17-18-19-20-21-22-23-24-25-26-27-28(2)3;/h25-26H,4-24,27H2,1-3H3;1H. The molecule has 0 aliphatic carbocycles. The van der Waals surface area contributed by atoms with Gasteiger partial charge in [0.2, 0.25) is 0 Å². The van der Waals surface area contributed by atoms with Crippen LogP contribution in [0.1, 0.15) is 142 Å². The van der Waals surface area contributed by atoms with E-state index in [4.69, 9.17) is 0 Å². The number of quaternary nitrogens is 1. The molecular formula is C27H56BrN. The summed E-state index contributed by atoms with van der Waals surface area (Å²) in [5.74, 6) is 0. The van der Waals surface area contributed by atoms with E-state index < -0.39 is 0 Å². The van der Waals surface area contributed by atoms with Crippen molar-refractivity contribution in [1.82, 2.24) is 0 Å². The fourth-order valence-electron chi connectivity index (χ4n) is 3.95. The van der Waals surface area contributed by atoms with Crippen molar-refractivity contribution in [3.63, 3.8) is 0 Å². The Morgan fingerprint density at radius 3 is 1.07 bits per heavy atom. The van der Waals surface area contributed by atoms with Crippen LogP contribution in [0.2, 0.25) is 0 Å². The lowest BCUT2D eigenvalue weighted by Gasteiger charge is -2.04. The molecule has 0 fully saturated rings. The molecule has 176 valence electrons. The molecule has 0 saturated heterocycles. The van der Waals surface area contributed by atoms with Crippen LogP contribution in [0.5, 0.6) is 0 Å². The summed E-state index contributed by atoms with van der Waals surface area (Å²) in [4.78, 5) is 1.51. The monoisotopic (exact) mass is 473 g/mol. The van der Waals surface area contributed by atoms with Crippen LogP contribution < -0.4 is 21.9 Å². The smallest absolute Gasteiger partial charge is 0.0953 e. The molecule has 0 aliphatic heterocycles. The largest absolute Gasteiger partial charge is 1.00 e. The highest BCUT2D eigenvalue weighted by molar-refractivity contribution is 4.80. The summed E-state index contributed by atoms with van der Waals surface area (Å²) >= 11 is 0. The quantitative estimate of drug-likeness (QED) is 0.159. The summed E-state index contributed by atoms with van der Waals surface area (Å²) in [6.07, 6.45) is 35.3. The van der Waals surface area contributed by atoms with Crippen molar-refractivity contribution < 1.29 is 21.9 Å². The van der Waals surface area contributed by atoms with Crippen LogP contribution in [0.15, 0.2) is 12.2 Å². The van der Waals surface area contributed by atoms with Gasteiger partial charge in [0.15, 0.2) is 0 Å². The van der Waals surface area contributed by atoms with Crippen molar-refractivity contribution in [3.8, 4) is 0 Å².